The van der Waals surface area contributed by atoms with E-state index < -0.39 is 0 Å². The Kier molecular flexibility index (Phi) is 4.78. The number of alkyl halides is 1. The first-order valence-corrected chi connectivity index (χ1v) is 7.06. The molecular formula is C11H20ClNOS. The van der Waals surface area contributed by atoms with Gasteiger partial charge in [-0.15, -0.1) is 11.6 Å². The van der Waals surface area contributed by atoms with Crippen LogP contribution < -0.4 is 0 Å². The number of carbonyl (C=O) groups is 1. The molecule has 0 radical (unpaired) electrons. The summed E-state index contributed by atoms with van der Waals surface area (Å²) in [5.41, 5.74) is 0.148. The van der Waals surface area contributed by atoms with Crippen LogP contribution in [0.2, 0.25) is 0 Å². The largest absolute Gasteiger partial charge is 0.337 e. The molecule has 0 aromatic rings. The Morgan fingerprint density at radius 1 is 1.53 bits per heavy atom. The zero-order chi connectivity index (χ0) is 11.5. The van der Waals surface area contributed by atoms with Crippen molar-refractivity contribution in [3.05, 3.63) is 0 Å². The highest BCUT2D eigenvalue weighted by Crippen LogP contribution is 2.26. The minimum absolute atomic E-state index is 0.0825. The molecule has 1 aliphatic rings. The summed E-state index contributed by atoms with van der Waals surface area (Å²) >= 11 is 7.58. The summed E-state index contributed by atoms with van der Waals surface area (Å²) in [6.07, 6.45) is 1.11. The number of amides is 1. The Balaban J connectivity index is 2.64. The van der Waals surface area contributed by atoms with Crippen LogP contribution in [0.4, 0.5) is 0 Å². The third kappa shape index (κ3) is 4.23. The first kappa shape index (κ1) is 13.2. The molecule has 1 heterocycles. The molecule has 88 valence electrons. The van der Waals surface area contributed by atoms with Gasteiger partial charge in [0.15, 0.2) is 0 Å². The molecule has 15 heavy (non-hydrogen) atoms. The van der Waals surface area contributed by atoms with Crippen LogP contribution in [0.5, 0.6) is 0 Å². The van der Waals surface area contributed by atoms with Crippen LogP contribution in [-0.2, 0) is 4.79 Å². The van der Waals surface area contributed by atoms with E-state index in [4.69, 9.17) is 11.6 Å². The van der Waals surface area contributed by atoms with Gasteiger partial charge in [0.25, 0.3) is 0 Å². The maximum atomic E-state index is 11.8. The highest BCUT2D eigenvalue weighted by molar-refractivity contribution is 7.99. The summed E-state index contributed by atoms with van der Waals surface area (Å²) < 4.78 is 0. The van der Waals surface area contributed by atoms with Gasteiger partial charge in [-0.2, -0.15) is 11.8 Å². The molecule has 1 atom stereocenters. The van der Waals surface area contributed by atoms with Gasteiger partial charge in [-0.25, -0.2) is 0 Å². The first-order valence-electron chi connectivity index (χ1n) is 5.37. The molecule has 0 bridgehead atoms. The molecule has 1 unspecified atom stereocenters. The zero-order valence-electron chi connectivity index (χ0n) is 9.75. The SMILES string of the molecule is CC(C)(C)CN(C(=O)CCl)C1CCSC1. The first-order chi connectivity index (χ1) is 6.94. The molecule has 1 rings (SSSR count). The van der Waals surface area contributed by atoms with E-state index in [0.29, 0.717) is 6.04 Å². The number of halogens is 1. The van der Waals surface area contributed by atoms with E-state index in [0.717, 1.165) is 18.7 Å². The van der Waals surface area contributed by atoms with Crippen molar-refractivity contribution in [3.8, 4) is 0 Å². The lowest BCUT2D eigenvalue weighted by Crippen LogP contribution is -2.45. The van der Waals surface area contributed by atoms with Crippen LogP contribution >= 0.6 is 23.4 Å². The van der Waals surface area contributed by atoms with Crippen molar-refractivity contribution in [3.63, 3.8) is 0 Å². The average molecular weight is 250 g/mol. The number of nitrogens with zero attached hydrogens (tertiary/aromatic N) is 1. The monoisotopic (exact) mass is 249 g/mol. The summed E-state index contributed by atoms with van der Waals surface area (Å²) in [7, 11) is 0. The molecule has 0 aromatic heterocycles. The molecule has 1 aliphatic heterocycles. The van der Waals surface area contributed by atoms with Crippen LogP contribution in [0, 0.1) is 5.41 Å². The number of hydrogen-bond donors (Lipinski definition) is 0. The van der Waals surface area contributed by atoms with Gasteiger partial charge < -0.3 is 4.90 Å². The second-order valence-corrected chi connectivity index (χ2v) is 6.65. The molecule has 0 aromatic carbocycles. The van der Waals surface area contributed by atoms with Gasteiger partial charge in [-0.3, -0.25) is 4.79 Å². The van der Waals surface area contributed by atoms with Crippen molar-refractivity contribution in [2.75, 3.05) is 23.9 Å². The quantitative estimate of drug-likeness (QED) is 0.717. The molecule has 0 saturated carbocycles. The minimum atomic E-state index is 0.0825. The predicted molar refractivity (Wildman–Crippen MR) is 67.6 cm³/mol. The Morgan fingerprint density at radius 2 is 2.20 bits per heavy atom. The van der Waals surface area contributed by atoms with Crippen molar-refractivity contribution in [1.82, 2.24) is 4.90 Å². The van der Waals surface area contributed by atoms with Crippen molar-refractivity contribution >= 4 is 29.3 Å². The van der Waals surface area contributed by atoms with Crippen molar-refractivity contribution < 1.29 is 4.79 Å². The minimum Gasteiger partial charge on any atom is -0.337 e. The van der Waals surface area contributed by atoms with E-state index >= 15 is 0 Å². The van der Waals surface area contributed by atoms with E-state index in [1.807, 2.05) is 16.7 Å². The van der Waals surface area contributed by atoms with Crippen LogP contribution in [-0.4, -0.2) is 40.8 Å². The fraction of sp³-hybridized carbons (Fsp3) is 0.909. The van der Waals surface area contributed by atoms with Crippen molar-refractivity contribution in [1.29, 1.82) is 0 Å². The topological polar surface area (TPSA) is 20.3 Å². The molecule has 0 aliphatic carbocycles. The lowest BCUT2D eigenvalue weighted by atomic mass is 9.95. The zero-order valence-corrected chi connectivity index (χ0v) is 11.3. The molecule has 4 heteroatoms. The van der Waals surface area contributed by atoms with Crippen LogP contribution in [0.3, 0.4) is 0 Å². The summed E-state index contributed by atoms with van der Waals surface area (Å²) in [6, 6.07) is 0.403. The number of rotatable bonds is 3. The van der Waals surface area contributed by atoms with E-state index in [1.165, 1.54) is 5.75 Å². The highest BCUT2D eigenvalue weighted by atomic mass is 35.5. The third-order valence-electron chi connectivity index (χ3n) is 2.43. The lowest BCUT2D eigenvalue weighted by molar-refractivity contribution is -0.131. The van der Waals surface area contributed by atoms with Gasteiger partial charge in [0.05, 0.1) is 0 Å². The molecular weight excluding hydrogens is 230 g/mol. The molecule has 1 fully saturated rings. The summed E-state index contributed by atoms with van der Waals surface area (Å²) in [4.78, 5) is 13.7. The maximum Gasteiger partial charge on any atom is 0.237 e. The molecule has 1 saturated heterocycles. The molecule has 0 spiro atoms. The van der Waals surface area contributed by atoms with Gasteiger partial charge in [-0.1, -0.05) is 20.8 Å². The molecule has 2 nitrogen and oxygen atoms in total. The third-order valence-corrected chi connectivity index (χ3v) is 3.80. The number of thioether (sulfide) groups is 1. The Labute approximate surface area is 102 Å². The van der Waals surface area contributed by atoms with E-state index in [2.05, 4.69) is 20.8 Å². The Hall–Kier alpha value is 0.110. The van der Waals surface area contributed by atoms with Crippen molar-refractivity contribution in [2.45, 2.75) is 33.2 Å². The normalized spacial score (nSPS) is 21.7. The summed E-state index contributed by atoms with van der Waals surface area (Å²) in [5.74, 6) is 2.43. The Morgan fingerprint density at radius 3 is 2.60 bits per heavy atom. The second-order valence-electron chi connectivity index (χ2n) is 5.23. The van der Waals surface area contributed by atoms with Gasteiger partial charge in [0, 0.05) is 18.3 Å². The van der Waals surface area contributed by atoms with Crippen LogP contribution in [0.1, 0.15) is 27.2 Å². The van der Waals surface area contributed by atoms with Gasteiger partial charge in [0.2, 0.25) is 5.91 Å². The number of carbonyl (C=O) groups excluding carboxylic acids is 1. The van der Waals surface area contributed by atoms with E-state index in [-0.39, 0.29) is 17.2 Å². The smallest absolute Gasteiger partial charge is 0.237 e. The Bertz CT molecular complexity index is 221. The standard InChI is InChI=1S/C11H20ClNOS/c1-11(2,3)8-13(10(14)6-12)9-4-5-15-7-9/h9H,4-8H2,1-3H3. The van der Waals surface area contributed by atoms with Gasteiger partial charge >= 0.3 is 0 Å². The highest BCUT2D eigenvalue weighted by Gasteiger charge is 2.29. The average Bonchev–Trinajstić information content (AvgIpc) is 2.64. The van der Waals surface area contributed by atoms with Crippen LogP contribution in [0.15, 0.2) is 0 Å². The van der Waals surface area contributed by atoms with Gasteiger partial charge in [0.1, 0.15) is 5.88 Å². The van der Waals surface area contributed by atoms with E-state index in [9.17, 15) is 4.79 Å². The second kappa shape index (κ2) is 5.44. The number of hydrogen-bond acceptors (Lipinski definition) is 2. The van der Waals surface area contributed by atoms with E-state index in [1.54, 1.807) is 0 Å². The molecule has 0 N–H and O–H groups in total. The predicted octanol–water partition coefficient (Wildman–Crippen LogP) is 2.61. The van der Waals surface area contributed by atoms with Crippen LogP contribution in [0.25, 0.3) is 0 Å². The molecule has 1 amide bonds. The maximum absolute atomic E-state index is 11.8. The fourth-order valence-electron chi connectivity index (χ4n) is 1.78. The fourth-order valence-corrected chi connectivity index (χ4v) is 3.15. The van der Waals surface area contributed by atoms with Gasteiger partial charge in [-0.05, 0) is 17.6 Å². The lowest BCUT2D eigenvalue weighted by Gasteiger charge is -2.34. The summed E-state index contributed by atoms with van der Waals surface area (Å²) in [6.45, 7) is 7.28. The van der Waals surface area contributed by atoms with Crippen molar-refractivity contribution in [2.24, 2.45) is 5.41 Å². The summed E-state index contributed by atoms with van der Waals surface area (Å²) in [5, 5.41) is 0.